The molecule has 1 aromatic heterocycles. The molecule has 5 nitrogen and oxygen atoms in total. The Bertz CT molecular complexity index is 346. The molecule has 2 aliphatic rings. The molecule has 17 heavy (non-hydrogen) atoms. The summed E-state index contributed by atoms with van der Waals surface area (Å²) in [5.74, 6) is 1.99. The van der Waals surface area contributed by atoms with Crippen LogP contribution >= 0.6 is 12.4 Å². The lowest BCUT2D eigenvalue weighted by Gasteiger charge is -2.20. The van der Waals surface area contributed by atoms with Crippen LogP contribution < -0.4 is 5.32 Å². The second-order valence-electron chi connectivity index (χ2n) is 4.54. The first-order valence-electron chi connectivity index (χ1n) is 6.09. The standard InChI is InChI=1S/C11H17N3O2.ClH/c1-2-4-8(3-1)11-13-10(14-16-11)9-7-12-5-6-15-9;/h8-9,12H,1-7H2;1H. The second-order valence-corrected chi connectivity index (χ2v) is 4.54. The first kappa shape index (κ1) is 12.8. The van der Waals surface area contributed by atoms with E-state index in [1.165, 1.54) is 25.7 Å². The van der Waals surface area contributed by atoms with Crippen molar-refractivity contribution in [2.24, 2.45) is 0 Å². The quantitative estimate of drug-likeness (QED) is 0.878. The van der Waals surface area contributed by atoms with Crippen LogP contribution in [0.15, 0.2) is 4.52 Å². The predicted molar refractivity (Wildman–Crippen MR) is 64.3 cm³/mol. The van der Waals surface area contributed by atoms with Gasteiger partial charge in [0.05, 0.1) is 6.61 Å². The number of hydrogen-bond donors (Lipinski definition) is 1. The van der Waals surface area contributed by atoms with Gasteiger partial charge in [0.1, 0.15) is 6.10 Å². The van der Waals surface area contributed by atoms with Crippen molar-refractivity contribution >= 4 is 12.4 Å². The van der Waals surface area contributed by atoms with Gasteiger partial charge in [-0.2, -0.15) is 4.98 Å². The Labute approximate surface area is 107 Å². The summed E-state index contributed by atoms with van der Waals surface area (Å²) in [4.78, 5) is 4.47. The summed E-state index contributed by atoms with van der Waals surface area (Å²) in [6.45, 7) is 2.41. The number of rotatable bonds is 2. The highest BCUT2D eigenvalue weighted by Gasteiger charge is 2.26. The van der Waals surface area contributed by atoms with Gasteiger partial charge in [-0.25, -0.2) is 0 Å². The Balaban J connectivity index is 0.00000108. The summed E-state index contributed by atoms with van der Waals surface area (Å²) in [5.41, 5.74) is 0. The fraction of sp³-hybridized carbons (Fsp3) is 0.818. The summed E-state index contributed by atoms with van der Waals surface area (Å²) in [6, 6.07) is 0. The van der Waals surface area contributed by atoms with E-state index in [2.05, 4.69) is 15.5 Å². The summed E-state index contributed by atoms with van der Waals surface area (Å²) in [6.07, 6.45) is 4.90. The molecule has 1 atom stereocenters. The lowest BCUT2D eigenvalue weighted by Crippen LogP contribution is -2.33. The van der Waals surface area contributed by atoms with Gasteiger partial charge in [-0.05, 0) is 12.8 Å². The minimum atomic E-state index is -0.0346. The maximum atomic E-state index is 5.59. The zero-order valence-electron chi connectivity index (χ0n) is 9.72. The molecule has 3 rings (SSSR count). The van der Waals surface area contributed by atoms with Crippen LogP contribution in [0.5, 0.6) is 0 Å². The van der Waals surface area contributed by atoms with Gasteiger partial charge in [0, 0.05) is 19.0 Å². The van der Waals surface area contributed by atoms with E-state index in [-0.39, 0.29) is 18.5 Å². The van der Waals surface area contributed by atoms with Crippen LogP contribution in [0.4, 0.5) is 0 Å². The van der Waals surface area contributed by atoms with Crippen LogP contribution in [0.2, 0.25) is 0 Å². The van der Waals surface area contributed by atoms with E-state index >= 15 is 0 Å². The van der Waals surface area contributed by atoms with Gasteiger partial charge in [0.25, 0.3) is 0 Å². The van der Waals surface area contributed by atoms with Gasteiger partial charge in [-0.1, -0.05) is 18.0 Å². The second kappa shape index (κ2) is 5.80. The van der Waals surface area contributed by atoms with Crippen LogP contribution in [-0.2, 0) is 4.74 Å². The monoisotopic (exact) mass is 259 g/mol. The van der Waals surface area contributed by atoms with E-state index in [0.717, 1.165) is 25.6 Å². The average Bonchev–Trinajstić information content (AvgIpc) is 3.01. The van der Waals surface area contributed by atoms with Crippen molar-refractivity contribution in [3.05, 3.63) is 11.7 Å². The fourth-order valence-corrected chi connectivity index (χ4v) is 2.45. The van der Waals surface area contributed by atoms with Gasteiger partial charge < -0.3 is 14.6 Å². The first-order chi connectivity index (χ1) is 7.93. The molecule has 6 heteroatoms. The van der Waals surface area contributed by atoms with E-state index in [0.29, 0.717) is 11.7 Å². The number of hydrogen-bond acceptors (Lipinski definition) is 5. The molecule has 2 fully saturated rings. The molecular formula is C11H18ClN3O2. The minimum absolute atomic E-state index is 0. The molecule has 1 aliphatic heterocycles. The maximum Gasteiger partial charge on any atom is 0.229 e. The molecule has 0 bridgehead atoms. The number of nitrogens with one attached hydrogen (secondary N) is 1. The number of aromatic nitrogens is 2. The van der Waals surface area contributed by atoms with Gasteiger partial charge in [-0.3, -0.25) is 0 Å². The molecule has 1 aromatic rings. The summed E-state index contributed by atoms with van der Waals surface area (Å²) in [7, 11) is 0. The van der Waals surface area contributed by atoms with Crippen LogP contribution in [-0.4, -0.2) is 29.8 Å². The molecule has 96 valence electrons. The Morgan fingerprint density at radius 1 is 1.24 bits per heavy atom. The highest BCUT2D eigenvalue weighted by Crippen LogP contribution is 2.33. The predicted octanol–water partition coefficient (Wildman–Crippen LogP) is 1.81. The van der Waals surface area contributed by atoms with E-state index in [4.69, 9.17) is 9.26 Å². The third kappa shape index (κ3) is 2.78. The number of ether oxygens (including phenoxy) is 1. The van der Waals surface area contributed by atoms with Crippen molar-refractivity contribution in [1.29, 1.82) is 0 Å². The van der Waals surface area contributed by atoms with Crippen LogP contribution in [0, 0.1) is 0 Å². The van der Waals surface area contributed by atoms with Crippen molar-refractivity contribution < 1.29 is 9.26 Å². The van der Waals surface area contributed by atoms with Crippen molar-refractivity contribution in [1.82, 2.24) is 15.5 Å². The molecule has 0 aromatic carbocycles. The van der Waals surface area contributed by atoms with Crippen molar-refractivity contribution in [2.45, 2.75) is 37.7 Å². The number of morpholine rings is 1. The maximum absolute atomic E-state index is 5.59. The summed E-state index contributed by atoms with van der Waals surface area (Å²) < 4.78 is 10.9. The molecule has 1 saturated heterocycles. The van der Waals surface area contributed by atoms with Crippen LogP contribution in [0.25, 0.3) is 0 Å². The Hall–Kier alpha value is -0.650. The van der Waals surface area contributed by atoms with Crippen LogP contribution in [0.1, 0.15) is 49.4 Å². The topological polar surface area (TPSA) is 60.2 Å². The SMILES string of the molecule is C1CCC(c2nc(C3CNCCO3)no2)C1.Cl. The third-order valence-corrected chi connectivity index (χ3v) is 3.38. The Kier molecular flexibility index (Phi) is 4.36. The minimum Gasteiger partial charge on any atom is -0.367 e. The van der Waals surface area contributed by atoms with Gasteiger partial charge in [-0.15, -0.1) is 12.4 Å². The largest absolute Gasteiger partial charge is 0.367 e. The molecular weight excluding hydrogens is 242 g/mol. The zero-order valence-corrected chi connectivity index (χ0v) is 10.5. The lowest BCUT2D eigenvalue weighted by molar-refractivity contribution is 0.0208. The number of nitrogens with zero attached hydrogens (tertiary/aromatic N) is 2. The normalized spacial score (nSPS) is 25.8. The van der Waals surface area contributed by atoms with Crippen molar-refractivity contribution in [3.8, 4) is 0 Å². The first-order valence-corrected chi connectivity index (χ1v) is 6.09. The molecule has 1 unspecified atom stereocenters. The molecule has 1 aliphatic carbocycles. The lowest BCUT2D eigenvalue weighted by atomic mass is 10.1. The van der Waals surface area contributed by atoms with Gasteiger partial charge in [0.15, 0.2) is 0 Å². The number of halogens is 1. The Morgan fingerprint density at radius 2 is 2.06 bits per heavy atom. The van der Waals surface area contributed by atoms with Gasteiger partial charge in [0.2, 0.25) is 11.7 Å². The molecule has 1 saturated carbocycles. The molecule has 0 radical (unpaired) electrons. The Morgan fingerprint density at radius 3 is 2.76 bits per heavy atom. The fourth-order valence-electron chi connectivity index (χ4n) is 2.45. The zero-order chi connectivity index (χ0) is 10.8. The molecule has 1 N–H and O–H groups in total. The summed E-state index contributed by atoms with van der Waals surface area (Å²) >= 11 is 0. The molecule has 0 amide bonds. The third-order valence-electron chi connectivity index (χ3n) is 3.38. The smallest absolute Gasteiger partial charge is 0.229 e. The summed E-state index contributed by atoms with van der Waals surface area (Å²) in [5, 5.41) is 7.30. The molecule has 0 spiro atoms. The average molecular weight is 260 g/mol. The van der Waals surface area contributed by atoms with E-state index in [9.17, 15) is 0 Å². The van der Waals surface area contributed by atoms with E-state index in [1.54, 1.807) is 0 Å². The van der Waals surface area contributed by atoms with Crippen molar-refractivity contribution in [2.75, 3.05) is 19.7 Å². The van der Waals surface area contributed by atoms with E-state index < -0.39 is 0 Å². The van der Waals surface area contributed by atoms with E-state index in [1.807, 2.05) is 0 Å². The van der Waals surface area contributed by atoms with Crippen molar-refractivity contribution in [3.63, 3.8) is 0 Å². The highest BCUT2D eigenvalue weighted by atomic mass is 35.5. The van der Waals surface area contributed by atoms with Gasteiger partial charge >= 0.3 is 0 Å². The van der Waals surface area contributed by atoms with Crippen LogP contribution in [0.3, 0.4) is 0 Å². The molecule has 2 heterocycles. The highest BCUT2D eigenvalue weighted by molar-refractivity contribution is 5.85.